The third-order valence-electron chi connectivity index (χ3n) is 3.65. The molecule has 0 heterocycles. The van der Waals surface area contributed by atoms with Gasteiger partial charge in [-0.15, -0.1) is 0 Å². The zero-order valence-electron chi connectivity index (χ0n) is 8.18. The van der Waals surface area contributed by atoms with Gasteiger partial charge >= 0.3 is 0 Å². The van der Waals surface area contributed by atoms with E-state index in [0.717, 1.165) is 11.8 Å². The van der Waals surface area contributed by atoms with Crippen molar-refractivity contribution in [2.45, 2.75) is 51.9 Å². The van der Waals surface area contributed by atoms with Gasteiger partial charge in [-0.3, -0.25) is 0 Å². The van der Waals surface area contributed by atoms with Crippen molar-refractivity contribution in [3.63, 3.8) is 0 Å². The van der Waals surface area contributed by atoms with Crippen molar-refractivity contribution in [1.82, 2.24) is 0 Å². The molecule has 1 fully saturated rings. The Hall–Kier alpha value is -0.260. The van der Waals surface area contributed by atoms with E-state index in [2.05, 4.69) is 13.0 Å². The minimum Gasteiger partial charge on any atom is -0.0847 e. The summed E-state index contributed by atoms with van der Waals surface area (Å²) in [6, 6.07) is 0. The molecule has 0 radical (unpaired) electrons. The molecule has 0 heteroatoms. The summed E-state index contributed by atoms with van der Waals surface area (Å²) in [5.74, 6) is 2.09. The first-order valence-electron chi connectivity index (χ1n) is 5.60. The fraction of sp³-hybridized carbons (Fsp3) is 0.833. The standard InChI is InChI=1S/C12H20/c1-2-3-4-5-12-10-6-7-11(12)9-8-10/h6,11-12H,2-5,7-9H2,1H3. The first kappa shape index (κ1) is 8.34. The lowest BCUT2D eigenvalue weighted by Crippen LogP contribution is -2.03. The smallest absolute Gasteiger partial charge is 0.0172 e. The maximum absolute atomic E-state index is 2.52. The van der Waals surface area contributed by atoms with Gasteiger partial charge in [0.25, 0.3) is 0 Å². The van der Waals surface area contributed by atoms with E-state index < -0.39 is 0 Å². The van der Waals surface area contributed by atoms with E-state index in [0.29, 0.717) is 0 Å². The predicted molar refractivity (Wildman–Crippen MR) is 53.1 cm³/mol. The molecule has 0 aromatic carbocycles. The molecular weight excluding hydrogens is 144 g/mol. The lowest BCUT2D eigenvalue weighted by Gasteiger charge is -2.13. The van der Waals surface area contributed by atoms with E-state index in [4.69, 9.17) is 0 Å². The van der Waals surface area contributed by atoms with Crippen LogP contribution in [-0.2, 0) is 0 Å². The van der Waals surface area contributed by atoms with Crippen molar-refractivity contribution in [2.24, 2.45) is 11.8 Å². The van der Waals surface area contributed by atoms with E-state index in [1.807, 2.05) is 5.57 Å². The highest BCUT2D eigenvalue weighted by Gasteiger charge is 2.34. The SMILES string of the molecule is CCCCCC1C2=CCC1CC2. The van der Waals surface area contributed by atoms with Gasteiger partial charge in [0.2, 0.25) is 0 Å². The van der Waals surface area contributed by atoms with Crippen LogP contribution in [0.2, 0.25) is 0 Å². The van der Waals surface area contributed by atoms with E-state index in [1.54, 1.807) is 0 Å². The van der Waals surface area contributed by atoms with Crippen molar-refractivity contribution in [3.8, 4) is 0 Å². The summed E-state index contributed by atoms with van der Waals surface area (Å²) < 4.78 is 0. The molecule has 0 aromatic heterocycles. The second-order valence-electron chi connectivity index (χ2n) is 4.42. The second-order valence-corrected chi connectivity index (χ2v) is 4.42. The van der Waals surface area contributed by atoms with E-state index in [9.17, 15) is 0 Å². The van der Waals surface area contributed by atoms with Gasteiger partial charge in [-0.2, -0.15) is 0 Å². The Labute approximate surface area is 76.1 Å². The average molecular weight is 164 g/mol. The molecule has 0 aromatic rings. The molecular formula is C12H20. The van der Waals surface area contributed by atoms with Crippen molar-refractivity contribution in [3.05, 3.63) is 11.6 Å². The van der Waals surface area contributed by atoms with Gasteiger partial charge in [-0.25, -0.2) is 0 Å². The van der Waals surface area contributed by atoms with Gasteiger partial charge in [0.05, 0.1) is 0 Å². The third-order valence-corrected chi connectivity index (χ3v) is 3.65. The Morgan fingerprint density at radius 2 is 2.33 bits per heavy atom. The van der Waals surface area contributed by atoms with E-state index in [1.165, 1.54) is 44.9 Å². The Morgan fingerprint density at radius 1 is 1.42 bits per heavy atom. The lowest BCUT2D eigenvalue weighted by atomic mass is 9.92. The summed E-state index contributed by atoms with van der Waals surface area (Å²) in [6.45, 7) is 2.29. The van der Waals surface area contributed by atoms with Crippen LogP contribution in [0.25, 0.3) is 0 Å². The summed E-state index contributed by atoms with van der Waals surface area (Å²) in [4.78, 5) is 0. The minimum atomic E-state index is 1.02. The molecule has 12 heavy (non-hydrogen) atoms. The molecule has 0 N–H and O–H groups in total. The number of rotatable bonds is 4. The van der Waals surface area contributed by atoms with Gasteiger partial charge in [0, 0.05) is 0 Å². The largest absolute Gasteiger partial charge is 0.0847 e. The van der Waals surface area contributed by atoms with Crippen LogP contribution in [0.1, 0.15) is 51.9 Å². The molecule has 2 rings (SSSR count). The molecule has 2 unspecified atom stereocenters. The van der Waals surface area contributed by atoms with Gasteiger partial charge in [0.15, 0.2) is 0 Å². The number of hydrogen-bond donors (Lipinski definition) is 0. The number of hydrogen-bond acceptors (Lipinski definition) is 0. The molecule has 2 bridgehead atoms. The van der Waals surface area contributed by atoms with Crippen LogP contribution in [0.15, 0.2) is 11.6 Å². The van der Waals surface area contributed by atoms with Crippen LogP contribution < -0.4 is 0 Å². The van der Waals surface area contributed by atoms with Crippen molar-refractivity contribution in [2.75, 3.05) is 0 Å². The molecule has 2 aliphatic carbocycles. The lowest BCUT2D eigenvalue weighted by molar-refractivity contribution is 0.409. The maximum Gasteiger partial charge on any atom is -0.0172 e. The Balaban J connectivity index is 1.78. The summed E-state index contributed by atoms with van der Waals surface area (Å²) in [5, 5.41) is 0. The molecule has 68 valence electrons. The molecule has 0 aliphatic heterocycles. The topological polar surface area (TPSA) is 0 Å². The Kier molecular flexibility index (Phi) is 2.53. The molecule has 1 saturated carbocycles. The van der Waals surface area contributed by atoms with Gasteiger partial charge < -0.3 is 0 Å². The Bertz CT molecular complexity index is 178. The quantitative estimate of drug-likeness (QED) is 0.436. The Morgan fingerprint density at radius 3 is 2.83 bits per heavy atom. The summed E-state index contributed by atoms with van der Waals surface area (Å²) >= 11 is 0. The number of allylic oxidation sites excluding steroid dienone is 2. The fourth-order valence-corrected chi connectivity index (χ4v) is 2.92. The van der Waals surface area contributed by atoms with Gasteiger partial charge in [0.1, 0.15) is 0 Å². The van der Waals surface area contributed by atoms with Crippen molar-refractivity contribution in [1.29, 1.82) is 0 Å². The van der Waals surface area contributed by atoms with E-state index in [-0.39, 0.29) is 0 Å². The summed E-state index contributed by atoms with van der Waals surface area (Å²) in [7, 11) is 0. The van der Waals surface area contributed by atoms with Crippen LogP contribution in [0.4, 0.5) is 0 Å². The number of fused-ring (bicyclic) bond motifs is 2. The maximum atomic E-state index is 2.52. The average Bonchev–Trinajstić information content (AvgIpc) is 2.65. The molecule has 0 saturated heterocycles. The molecule has 2 aliphatic rings. The van der Waals surface area contributed by atoms with Crippen molar-refractivity contribution >= 4 is 0 Å². The van der Waals surface area contributed by atoms with Gasteiger partial charge in [-0.05, 0) is 37.5 Å². The zero-order chi connectivity index (χ0) is 8.39. The number of unbranched alkanes of at least 4 members (excludes halogenated alkanes) is 2. The minimum absolute atomic E-state index is 1.02. The zero-order valence-corrected chi connectivity index (χ0v) is 8.18. The molecule has 0 amide bonds. The highest BCUT2D eigenvalue weighted by atomic mass is 14.4. The van der Waals surface area contributed by atoms with Crippen LogP contribution in [0.3, 0.4) is 0 Å². The summed E-state index contributed by atoms with van der Waals surface area (Å²) in [6.07, 6.45) is 12.6. The van der Waals surface area contributed by atoms with Crippen LogP contribution in [0.5, 0.6) is 0 Å². The van der Waals surface area contributed by atoms with Crippen LogP contribution in [0, 0.1) is 11.8 Å². The second kappa shape index (κ2) is 3.64. The molecule has 2 atom stereocenters. The van der Waals surface area contributed by atoms with Crippen LogP contribution in [-0.4, -0.2) is 0 Å². The predicted octanol–water partition coefficient (Wildman–Crippen LogP) is 3.92. The molecule has 0 nitrogen and oxygen atoms in total. The first-order valence-corrected chi connectivity index (χ1v) is 5.60. The third kappa shape index (κ3) is 1.44. The monoisotopic (exact) mass is 164 g/mol. The summed E-state index contributed by atoms with van der Waals surface area (Å²) in [5.41, 5.74) is 1.82. The fourth-order valence-electron chi connectivity index (χ4n) is 2.92. The van der Waals surface area contributed by atoms with Crippen molar-refractivity contribution < 1.29 is 0 Å². The highest BCUT2D eigenvalue weighted by molar-refractivity contribution is 5.20. The highest BCUT2D eigenvalue weighted by Crippen LogP contribution is 2.47. The normalized spacial score (nSPS) is 32.6. The van der Waals surface area contributed by atoms with Crippen LogP contribution >= 0.6 is 0 Å². The van der Waals surface area contributed by atoms with Gasteiger partial charge in [-0.1, -0.05) is 37.8 Å². The molecule has 0 spiro atoms. The first-order chi connectivity index (χ1) is 5.92. The van der Waals surface area contributed by atoms with E-state index >= 15 is 0 Å².